The molecule has 0 nitrogen and oxygen atoms in total. The lowest BCUT2D eigenvalue weighted by molar-refractivity contribution is 0.235. The highest BCUT2D eigenvalue weighted by Gasteiger charge is 2.35. The molecule has 0 heteroatoms. The lowest BCUT2D eigenvalue weighted by Gasteiger charge is -2.34. The van der Waals surface area contributed by atoms with E-state index in [2.05, 4.69) is 6.58 Å². The van der Waals surface area contributed by atoms with Gasteiger partial charge in [-0.3, -0.25) is 0 Å². The first-order valence-corrected chi connectivity index (χ1v) is 4.97. The summed E-state index contributed by atoms with van der Waals surface area (Å²) in [5.41, 5.74) is 2.27. The molecule has 0 bridgehead atoms. The molecule has 0 aromatic carbocycles. The van der Waals surface area contributed by atoms with Crippen molar-refractivity contribution in [3.05, 3.63) is 12.2 Å². The lowest BCUT2D eigenvalue weighted by atomic mass is 9.71. The van der Waals surface area contributed by atoms with Crippen LogP contribution in [0.25, 0.3) is 0 Å². The maximum Gasteiger partial charge on any atom is -0.0260 e. The maximum absolute atomic E-state index is 4.13. The molecular weight excluding hydrogens is 132 g/mol. The van der Waals surface area contributed by atoms with Crippen molar-refractivity contribution >= 4 is 0 Å². The van der Waals surface area contributed by atoms with Crippen molar-refractivity contribution in [2.24, 2.45) is 5.41 Å². The van der Waals surface area contributed by atoms with E-state index >= 15 is 0 Å². The lowest BCUT2D eigenvalue weighted by Crippen LogP contribution is -2.20. The van der Waals surface area contributed by atoms with E-state index in [9.17, 15) is 0 Å². The zero-order valence-corrected chi connectivity index (χ0v) is 7.36. The van der Waals surface area contributed by atoms with Gasteiger partial charge in [0.25, 0.3) is 0 Å². The van der Waals surface area contributed by atoms with Gasteiger partial charge in [-0.2, -0.15) is 0 Å². The molecule has 0 unspecified atom stereocenters. The summed E-state index contributed by atoms with van der Waals surface area (Å²) in [5, 5.41) is 0. The zero-order valence-electron chi connectivity index (χ0n) is 7.36. The van der Waals surface area contributed by atoms with Gasteiger partial charge in [-0.15, -0.1) is 0 Å². The van der Waals surface area contributed by atoms with Crippen molar-refractivity contribution in [1.82, 2.24) is 0 Å². The van der Waals surface area contributed by atoms with E-state index in [4.69, 9.17) is 0 Å². The minimum atomic E-state index is 0.745. The fourth-order valence-corrected chi connectivity index (χ4v) is 2.97. The monoisotopic (exact) mass is 150 g/mol. The van der Waals surface area contributed by atoms with Gasteiger partial charge in [0.15, 0.2) is 0 Å². The van der Waals surface area contributed by atoms with E-state index in [-0.39, 0.29) is 0 Å². The van der Waals surface area contributed by atoms with Crippen molar-refractivity contribution in [2.75, 3.05) is 0 Å². The van der Waals surface area contributed by atoms with Gasteiger partial charge in [0, 0.05) is 0 Å². The van der Waals surface area contributed by atoms with E-state index in [0.717, 1.165) is 5.41 Å². The Hall–Kier alpha value is -0.260. The summed E-state index contributed by atoms with van der Waals surface area (Å²) < 4.78 is 0. The Kier molecular flexibility index (Phi) is 1.78. The minimum Gasteiger partial charge on any atom is -0.0998 e. The van der Waals surface area contributed by atoms with E-state index < -0.39 is 0 Å². The van der Waals surface area contributed by atoms with E-state index in [0.29, 0.717) is 0 Å². The predicted octanol–water partition coefficient (Wildman–Crippen LogP) is 3.68. The Bertz CT molecular complexity index is 161. The summed E-state index contributed by atoms with van der Waals surface area (Å²) in [6, 6.07) is 0. The molecule has 0 aromatic heterocycles. The second kappa shape index (κ2) is 2.66. The van der Waals surface area contributed by atoms with Crippen LogP contribution in [0.2, 0.25) is 0 Å². The third kappa shape index (κ3) is 1.36. The Balaban J connectivity index is 2.05. The van der Waals surface area contributed by atoms with Crippen LogP contribution in [0.1, 0.15) is 51.4 Å². The first kappa shape index (κ1) is 7.39. The Morgan fingerprint density at radius 3 is 2.27 bits per heavy atom. The first-order valence-electron chi connectivity index (χ1n) is 4.97. The Morgan fingerprint density at radius 2 is 1.64 bits per heavy atom. The fourth-order valence-electron chi connectivity index (χ4n) is 2.97. The van der Waals surface area contributed by atoms with Crippen LogP contribution in [0.4, 0.5) is 0 Å². The summed E-state index contributed by atoms with van der Waals surface area (Å²) in [6.07, 6.45) is 11.5. The quantitative estimate of drug-likeness (QED) is 0.462. The summed E-state index contributed by atoms with van der Waals surface area (Å²) >= 11 is 0. The highest BCUT2D eigenvalue weighted by molar-refractivity contribution is 5.05. The molecule has 1 spiro atoms. The SMILES string of the molecule is C=C1CCCC2(CCCC2)C1. The topological polar surface area (TPSA) is 0 Å². The molecule has 2 saturated carbocycles. The van der Waals surface area contributed by atoms with Crippen molar-refractivity contribution in [2.45, 2.75) is 51.4 Å². The van der Waals surface area contributed by atoms with Crippen LogP contribution >= 0.6 is 0 Å². The largest absolute Gasteiger partial charge is 0.0998 e. The summed E-state index contributed by atoms with van der Waals surface area (Å²) in [6.45, 7) is 4.13. The number of rotatable bonds is 0. The molecule has 2 fully saturated rings. The molecule has 0 atom stereocenters. The standard InChI is InChI=1S/C11H18/c1-10-5-4-8-11(9-10)6-2-3-7-11/h1-9H2. The van der Waals surface area contributed by atoms with Gasteiger partial charge < -0.3 is 0 Å². The van der Waals surface area contributed by atoms with E-state index in [1.54, 1.807) is 0 Å². The normalized spacial score (nSPS) is 29.6. The van der Waals surface area contributed by atoms with Crippen molar-refractivity contribution in [1.29, 1.82) is 0 Å². The molecule has 0 amide bonds. The zero-order chi connectivity index (χ0) is 7.73. The average Bonchev–Trinajstić information content (AvgIpc) is 2.37. The number of hydrogen-bond acceptors (Lipinski definition) is 0. The molecule has 0 radical (unpaired) electrons. The maximum atomic E-state index is 4.13. The first-order chi connectivity index (χ1) is 5.31. The van der Waals surface area contributed by atoms with E-state index in [1.807, 2.05) is 0 Å². The van der Waals surface area contributed by atoms with Gasteiger partial charge in [-0.1, -0.05) is 25.0 Å². The van der Waals surface area contributed by atoms with Crippen LogP contribution in [0, 0.1) is 5.41 Å². The van der Waals surface area contributed by atoms with Gasteiger partial charge >= 0.3 is 0 Å². The molecule has 0 aliphatic heterocycles. The van der Waals surface area contributed by atoms with Gasteiger partial charge in [-0.25, -0.2) is 0 Å². The molecule has 2 aliphatic rings. The molecule has 2 rings (SSSR count). The summed E-state index contributed by atoms with van der Waals surface area (Å²) in [4.78, 5) is 0. The highest BCUT2D eigenvalue weighted by Crippen LogP contribution is 2.49. The second-order valence-corrected chi connectivity index (χ2v) is 4.49. The predicted molar refractivity (Wildman–Crippen MR) is 48.5 cm³/mol. The molecule has 0 N–H and O–H groups in total. The van der Waals surface area contributed by atoms with Crippen LogP contribution in [-0.2, 0) is 0 Å². The minimum absolute atomic E-state index is 0.745. The molecule has 62 valence electrons. The van der Waals surface area contributed by atoms with Gasteiger partial charge in [0.05, 0.1) is 0 Å². The number of hydrogen-bond donors (Lipinski definition) is 0. The average molecular weight is 150 g/mol. The second-order valence-electron chi connectivity index (χ2n) is 4.49. The van der Waals surface area contributed by atoms with Crippen LogP contribution in [-0.4, -0.2) is 0 Å². The molecular formula is C11H18. The molecule has 0 saturated heterocycles. The molecule has 0 heterocycles. The smallest absolute Gasteiger partial charge is 0.0260 e. The molecule has 0 aromatic rings. The van der Waals surface area contributed by atoms with E-state index in [1.165, 1.54) is 56.9 Å². The van der Waals surface area contributed by atoms with Gasteiger partial charge in [0.2, 0.25) is 0 Å². The molecule has 11 heavy (non-hydrogen) atoms. The Labute approximate surface area is 69.7 Å². The number of allylic oxidation sites excluding steroid dienone is 1. The third-order valence-corrected chi connectivity index (χ3v) is 3.53. The van der Waals surface area contributed by atoms with Crippen molar-refractivity contribution in [3.8, 4) is 0 Å². The summed E-state index contributed by atoms with van der Waals surface area (Å²) in [5.74, 6) is 0. The summed E-state index contributed by atoms with van der Waals surface area (Å²) in [7, 11) is 0. The highest BCUT2D eigenvalue weighted by atomic mass is 14.4. The fraction of sp³-hybridized carbons (Fsp3) is 0.818. The Morgan fingerprint density at radius 1 is 1.00 bits per heavy atom. The van der Waals surface area contributed by atoms with Gasteiger partial charge in [-0.05, 0) is 43.9 Å². The van der Waals surface area contributed by atoms with Crippen LogP contribution in [0.5, 0.6) is 0 Å². The van der Waals surface area contributed by atoms with Crippen LogP contribution in [0.15, 0.2) is 12.2 Å². The molecule has 2 aliphatic carbocycles. The van der Waals surface area contributed by atoms with Crippen molar-refractivity contribution in [3.63, 3.8) is 0 Å². The van der Waals surface area contributed by atoms with Crippen LogP contribution < -0.4 is 0 Å². The van der Waals surface area contributed by atoms with Crippen LogP contribution in [0.3, 0.4) is 0 Å². The third-order valence-electron chi connectivity index (χ3n) is 3.53. The van der Waals surface area contributed by atoms with Crippen molar-refractivity contribution < 1.29 is 0 Å². The van der Waals surface area contributed by atoms with Gasteiger partial charge in [0.1, 0.15) is 0 Å².